The maximum Gasteiger partial charge on any atom is 0.407 e. The second kappa shape index (κ2) is 10.4. The topological polar surface area (TPSA) is 102 Å². The van der Waals surface area contributed by atoms with Crippen LogP contribution in [0.5, 0.6) is 5.75 Å². The molecule has 0 radical (unpaired) electrons. The van der Waals surface area contributed by atoms with Crippen LogP contribution in [0.1, 0.15) is 26.5 Å². The molecule has 0 aliphatic carbocycles. The lowest BCUT2D eigenvalue weighted by molar-refractivity contribution is 0.0529. The molecule has 1 heterocycles. The van der Waals surface area contributed by atoms with Crippen LogP contribution in [0.15, 0.2) is 41.5 Å². The van der Waals surface area contributed by atoms with E-state index in [0.717, 1.165) is 17.1 Å². The van der Waals surface area contributed by atoms with Crippen LogP contribution in [0, 0.1) is 0 Å². The molecule has 0 saturated heterocycles. The Morgan fingerprint density at radius 3 is 2.41 bits per heavy atom. The molecule has 1 amide bonds. The van der Waals surface area contributed by atoms with Crippen LogP contribution in [0.3, 0.4) is 0 Å². The fraction of sp³-hybridized carbons (Fsp3) is 0.450. The number of aromatic nitrogens is 2. The molecule has 0 aliphatic heterocycles. The molecule has 2 aromatic rings. The number of ether oxygens (including phenoxy) is 2. The van der Waals surface area contributed by atoms with Crippen LogP contribution in [0.2, 0.25) is 0 Å². The van der Waals surface area contributed by atoms with E-state index in [1.807, 2.05) is 57.3 Å². The number of aliphatic imine (C=N–C) groups is 1. The van der Waals surface area contributed by atoms with Crippen LogP contribution in [0.25, 0.3) is 5.69 Å². The minimum atomic E-state index is -0.510. The summed E-state index contributed by atoms with van der Waals surface area (Å²) in [5, 5.41) is 13.6. The highest BCUT2D eigenvalue weighted by Crippen LogP contribution is 2.14. The van der Waals surface area contributed by atoms with Gasteiger partial charge < -0.3 is 25.4 Å². The number of methoxy groups -OCH3 is 1. The van der Waals surface area contributed by atoms with Crippen molar-refractivity contribution in [2.45, 2.75) is 32.9 Å². The van der Waals surface area contributed by atoms with Gasteiger partial charge in [0.25, 0.3) is 0 Å². The Morgan fingerprint density at radius 1 is 1.10 bits per heavy atom. The van der Waals surface area contributed by atoms with Gasteiger partial charge in [-0.2, -0.15) is 5.10 Å². The quantitative estimate of drug-likeness (QED) is 0.372. The fourth-order valence-electron chi connectivity index (χ4n) is 2.39. The molecule has 2 rings (SSSR count). The standard InChI is InChI=1S/C20H30N6O3/c1-20(2,3)29-19(27)23-12-11-22-18(21-4)24-14-15-10-13-26(25-15)16-6-8-17(28-5)9-7-16/h6-10,13H,11-12,14H2,1-5H3,(H,23,27)(H2,21,22,24). The fourth-order valence-corrected chi connectivity index (χ4v) is 2.39. The van der Waals surface area contributed by atoms with Crippen LogP contribution in [-0.4, -0.2) is 54.7 Å². The molecule has 0 spiro atoms. The van der Waals surface area contributed by atoms with E-state index < -0.39 is 11.7 Å². The van der Waals surface area contributed by atoms with Crippen molar-refractivity contribution in [3.8, 4) is 11.4 Å². The van der Waals surface area contributed by atoms with Gasteiger partial charge in [-0.3, -0.25) is 4.99 Å². The summed E-state index contributed by atoms with van der Waals surface area (Å²) in [7, 11) is 3.33. The summed E-state index contributed by atoms with van der Waals surface area (Å²) in [4.78, 5) is 15.8. The Labute approximate surface area is 171 Å². The molecule has 3 N–H and O–H groups in total. The Kier molecular flexibility index (Phi) is 7.88. The number of carbonyl (C=O) groups excluding carboxylic acids is 1. The highest BCUT2D eigenvalue weighted by atomic mass is 16.6. The van der Waals surface area contributed by atoms with Gasteiger partial charge in [0, 0.05) is 26.3 Å². The highest BCUT2D eigenvalue weighted by molar-refractivity contribution is 5.79. The van der Waals surface area contributed by atoms with Crippen molar-refractivity contribution < 1.29 is 14.3 Å². The van der Waals surface area contributed by atoms with Gasteiger partial charge in [0.2, 0.25) is 0 Å². The Bertz CT molecular complexity index is 808. The van der Waals surface area contributed by atoms with E-state index in [0.29, 0.717) is 25.6 Å². The molecular weight excluding hydrogens is 372 g/mol. The maximum absolute atomic E-state index is 11.6. The zero-order valence-electron chi connectivity index (χ0n) is 17.7. The maximum atomic E-state index is 11.6. The number of hydrogen-bond acceptors (Lipinski definition) is 5. The number of hydrogen-bond donors (Lipinski definition) is 3. The smallest absolute Gasteiger partial charge is 0.407 e. The van der Waals surface area contributed by atoms with Crippen molar-refractivity contribution >= 4 is 12.1 Å². The van der Waals surface area contributed by atoms with Crippen LogP contribution in [-0.2, 0) is 11.3 Å². The third kappa shape index (κ3) is 7.73. The molecule has 1 aromatic carbocycles. The third-order valence-corrected chi connectivity index (χ3v) is 3.73. The van der Waals surface area contributed by atoms with Crippen molar-refractivity contribution in [1.82, 2.24) is 25.7 Å². The molecule has 0 saturated carbocycles. The van der Waals surface area contributed by atoms with Crippen molar-refractivity contribution in [1.29, 1.82) is 0 Å². The van der Waals surface area contributed by atoms with Crippen LogP contribution in [0.4, 0.5) is 4.79 Å². The lowest BCUT2D eigenvalue weighted by Crippen LogP contribution is -2.42. The third-order valence-electron chi connectivity index (χ3n) is 3.73. The van der Waals surface area contributed by atoms with Crippen LogP contribution < -0.4 is 20.7 Å². The van der Waals surface area contributed by atoms with Gasteiger partial charge in [-0.15, -0.1) is 0 Å². The van der Waals surface area contributed by atoms with Crippen molar-refractivity contribution in [3.05, 3.63) is 42.2 Å². The lowest BCUT2D eigenvalue weighted by atomic mass is 10.2. The van der Waals surface area contributed by atoms with E-state index in [9.17, 15) is 4.79 Å². The number of nitrogens with one attached hydrogen (secondary N) is 3. The highest BCUT2D eigenvalue weighted by Gasteiger charge is 2.15. The molecule has 158 valence electrons. The average Bonchev–Trinajstić information content (AvgIpc) is 3.15. The summed E-state index contributed by atoms with van der Waals surface area (Å²) in [5.41, 5.74) is 1.31. The molecule has 0 unspecified atom stereocenters. The number of guanidine groups is 1. The van der Waals surface area contributed by atoms with E-state index in [1.165, 1.54) is 0 Å². The minimum absolute atomic E-state index is 0.418. The molecule has 0 fully saturated rings. The Morgan fingerprint density at radius 2 is 1.79 bits per heavy atom. The number of benzene rings is 1. The largest absolute Gasteiger partial charge is 0.497 e. The Hall–Kier alpha value is -3.23. The van der Waals surface area contributed by atoms with Gasteiger partial charge in [-0.25, -0.2) is 9.48 Å². The van der Waals surface area contributed by atoms with Gasteiger partial charge in [0.15, 0.2) is 5.96 Å². The lowest BCUT2D eigenvalue weighted by Gasteiger charge is -2.19. The summed E-state index contributed by atoms with van der Waals surface area (Å²) in [6, 6.07) is 9.62. The SMILES string of the molecule is CN=C(NCCNC(=O)OC(C)(C)C)NCc1ccn(-c2ccc(OC)cc2)n1. The van der Waals surface area contributed by atoms with Gasteiger partial charge in [-0.1, -0.05) is 0 Å². The van der Waals surface area contributed by atoms with Crippen molar-refractivity contribution in [2.75, 3.05) is 27.2 Å². The molecule has 0 aliphatic rings. The predicted octanol–water partition coefficient (Wildman–Crippen LogP) is 2.07. The van der Waals surface area contributed by atoms with Crippen molar-refractivity contribution in [2.24, 2.45) is 4.99 Å². The molecule has 9 nitrogen and oxygen atoms in total. The molecular formula is C20H30N6O3. The normalized spacial score (nSPS) is 11.7. The van der Waals surface area contributed by atoms with E-state index in [-0.39, 0.29) is 0 Å². The summed E-state index contributed by atoms with van der Waals surface area (Å²) in [6.45, 7) is 6.93. The van der Waals surface area contributed by atoms with Gasteiger partial charge in [-0.05, 0) is 51.1 Å². The van der Waals surface area contributed by atoms with Gasteiger partial charge in [0.1, 0.15) is 11.4 Å². The molecule has 0 bridgehead atoms. The summed E-state index contributed by atoms with van der Waals surface area (Å²) < 4.78 is 12.2. The number of alkyl carbamates (subject to hydrolysis) is 1. The first-order chi connectivity index (χ1) is 13.8. The first-order valence-electron chi connectivity index (χ1n) is 9.41. The Balaban J connectivity index is 1.75. The van der Waals surface area contributed by atoms with Crippen LogP contribution >= 0.6 is 0 Å². The zero-order chi connectivity index (χ0) is 21.3. The number of amides is 1. The summed E-state index contributed by atoms with van der Waals surface area (Å²) in [6.07, 6.45) is 1.46. The van der Waals surface area contributed by atoms with E-state index >= 15 is 0 Å². The predicted molar refractivity (Wildman–Crippen MR) is 113 cm³/mol. The number of rotatable bonds is 7. The summed E-state index contributed by atoms with van der Waals surface area (Å²) in [5.74, 6) is 1.42. The van der Waals surface area contributed by atoms with Gasteiger partial charge in [0.05, 0.1) is 25.0 Å². The van der Waals surface area contributed by atoms with E-state index in [2.05, 4.69) is 26.0 Å². The molecule has 29 heavy (non-hydrogen) atoms. The second-order valence-corrected chi connectivity index (χ2v) is 7.23. The van der Waals surface area contributed by atoms with E-state index in [1.54, 1.807) is 18.8 Å². The minimum Gasteiger partial charge on any atom is -0.497 e. The molecule has 1 aromatic heterocycles. The number of nitrogens with zero attached hydrogens (tertiary/aromatic N) is 3. The first-order valence-corrected chi connectivity index (χ1v) is 9.41. The van der Waals surface area contributed by atoms with E-state index in [4.69, 9.17) is 9.47 Å². The first kappa shape index (κ1) is 22.1. The summed E-state index contributed by atoms with van der Waals surface area (Å²) >= 11 is 0. The molecule has 9 heteroatoms. The zero-order valence-corrected chi connectivity index (χ0v) is 17.7. The second-order valence-electron chi connectivity index (χ2n) is 7.23. The van der Waals surface area contributed by atoms with Gasteiger partial charge >= 0.3 is 6.09 Å². The monoisotopic (exact) mass is 402 g/mol. The molecule has 0 atom stereocenters. The van der Waals surface area contributed by atoms with Crippen molar-refractivity contribution in [3.63, 3.8) is 0 Å². The average molecular weight is 402 g/mol. The number of carbonyl (C=O) groups is 1.